The van der Waals surface area contributed by atoms with E-state index in [2.05, 4.69) is 18.8 Å². The van der Waals surface area contributed by atoms with Crippen LogP contribution in [0.3, 0.4) is 0 Å². The van der Waals surface area contributed by atoms with Crippen molar-refractivity contribution in [3.8, 4) is 0 Å². The number of hydrogen-bond acceptors (Lipinski definition) is 2. The molecule has 0 aromatic carbocycles. The van der Waals surface area contributed by atoms with E-state index in [0.717, 1.165) is 5.56 Å². The summed E-state index contributed by atoms with van der Waals surface area (Å²) in [6.07, 6.45) is 5.96. The second-order valence-corrected chi connectivity index (χ2v) is 3.47. The Labute approximate surface area is 79.6 Å². The quantitative estimate of drug-likeness (QED) is 0.770. The van der Waals surface area contributed by atoms with Gasteiger partial charge in [0.1, 0.15) is 0 Å². The van der Waals surface area contributed by atoms with Crippen molar-refractivity contribution in [1.82, 2.24) is 4.98 Å². The lowest BCUT2D eigenvalue weighted by atomic mass is 9.97. The molecule has 1 rings (SSSR count). The second kappa shape index (κ2) is 4.97. The zero-order valence-corrected chi connectivity index (χ0v) is 8.33. The van der Waals surface area contributed by atoms with Crippen LogP contribution >= 0.6 is 0 Å². The van der Waals surface area contributed by atoms with Crippen LogP contribution in [0.2, 0.25) is 0 Å². The highest BCUT2D eigenvalue weighted by Crippen LogP contribution is 2.20. The summed E-state index contributed by atoms with van der Waals surface area (Å²) >= 11 is 0. The first-order chi connectivity index (χ1) is 6.27. The van der Waals surface area contributed by atoms with Gasteiger partial charge in [-0.3, -0.25) is 4.98 Å². The van der Waals surface area contributed by atoms with E-state index in [1.54, 1.807) is 6.20 Å². The third-order valence-corrected chi connectivity index (χ3v) is 2.29. The maximum Gasteiger partial charge on any atom is 0.0696 e. The Bertz CT molecular complexity index is 260. The van der Waals surface area contributed by atoms with Crippen molar-refractivity contribution >= 4 is 0 Å². The van der Waals surface area contributed by atoms with Crippen molar-refractivity contribution in [2.45, 2.75) is 39.2 Å². The summed E-state index contributed by atoms with van der Waals surface area (Å²) in [5, 5.41) is 8.93. The summed E-state index contributed by atoms with van der Waals surface area (Å²) in [6, 6.07) is 2.04. The summed E-state index contributed by atoms with van der Waals surface area (Å²) < 4.78 is 0. The Morgan fingerprint density at radius 2 is 2.23 bits per heavy atom. The largest absolute Gasteiger partial charge is 0.392 e. The first-order valence-electron chi connectivity index (χ1n) is 4.82. The number of hydrogen-bond donors (Lipinski definition) is 1. The van der Waals surface area contributed by atoms with Gasteiger partial charge in [0.2, 0.25) is 0 Å². The van der Waals surface area contributed by atoms with E-state index < -0.39 is 0 Å². The Hall–Kier alpha value is -0.890. The summed E-state index contributed by atoms with van der Waals surface area (Å²) in [6.45, 7) is 4.46. The van der Waals surface area contributed by atoms with Crippen molar-refractivity contribution < 1.29 is 5.11 Å². The predicted octanol–water partition coefficient (Wildman–Crippen LogP) is 2.48. The fourth-order valence-electron chi connectivity index (χ4n) is 1.46. The molecule has 1 aromatic heterocycles. The lowest BCUT2D eigenvalue weighted by Gasteiger charge is -2.10. The number of aliphatic hydroxyl groups excluding tert-OH is 1. The molecule has 2 heteroatoms. The van der Waals surface area contributed by atoms with E-state index in [1.165, 1.54) is 18.4 Å². The van der Waals surface area contributed by atoms with E-state index in [1.807, 2.05) is 12.3 Å². The van der Waals surface area contributed by atoms with Crippen molar-refractivity contribution in [3.05, 3.63) is 29.6 Å². The van der Waals surface area contributed by atoms with Gasteiger partial charge in [0.05, 0.1) is 6.61 Å². The van der Waals surface area contributed by atoms with Gasteiger partial charge in [-0.2, -0.15) is 0 Å². The molecule has 0 spiro atoms. The summed E-state index contributed by atoms with van der Waals surface area (Å²) in [7, 11) is 0. The molecule has 0 aliphatic heterocycles. The Balaban J connectivity index is 2.75. The SMILES string of the molecule is CCCC(C)c1cncc(CO)c1. The van der Waals surface area contributed by atoms with Crippen LogP contribution in [0.25, 0.3) is 0 Å². The standard InChI is InChI=1S/C11H17NO/c1-3-4-9(2)11-5-10(8-13)6-12-7-11/h5-7,9,13H,3-4,8H2,1-2H3. The van der Waals surface area contributed by atoms with Gasteiger partial charge in [-0.1, -0.05) is 26.3 Å². The van der Waals surface area contributed by atoms with Crippen LogP contribution < -0.4 is 0 Å². The first-order valence-corrected chi connectivity index (χ1v) is 4.82. The van der Waals surface area contributed by atoms with Gasteiger partial charge in [0.25, 0.3) is 0 Å². The minimum absolute atomic E-state index is 0.0830. The number of nitrogens with zero attached hydrogens (tertiary/aromatic N) is 1. The molecule has 72 valence electrons. The van der Waals surface area contributed by atoms with E-state index in [0.29, 0.717) is 5.92 Å². The Morgan fingerprint density at radius 1 is 1.46 bits per heavy atom. The molecule has 0 bridgehead atoms. The summed E-state index contributed by atoms with van der Waals surface area (Å²) in [5.41, 5.74) is 2.13. The molecule has 1 N–H and O–H groups in total. The molecule has 0 radical (unpaired) electrons. The minimum atomic E-state index is 0.0830. The molecule has 0 amide bonds. The zero-order chi connectivity index (χ0) is 9.68. The third-order valence-electron chi connectivity index (χ3n) is 2.29. The normalized spacial score (nSPS) is 12.8. The lowest BCUT2D eigenvalue weighted by Crippen LogP contribution is -1.96. The number of rotatable bonds is 4. The first kappa shape index (κ1) is 10.2. The molecule has 0 saturated heterocycles. The van der Waals surface area contributed by atoms with Crippen molar-refractivity contribution in [3.63, 3.8) is 0 Å². The average molecular weight is 179 g/mol. The molecule has 13 heavy (non-hydrogen) atoms. The van der Waals surface area contributed by atoms with E-state index in [4.69, 9.17) is 5.11 Å². The Kier molecular flexibility index (Phi) is 3.90. The topological polar surface area (TPSA) is 33.1 Å². The molecule has 0 aliphatic rings. The predicted molar refractivity (Wildman–Crippen MR) is 53.5 cm³/mol. The highest BCUT2D eigenvalue weighted by Gasteiger charge is 2.04. The monoisotopic (exact) mass is 179 g/mol. The molecule has 1 atom stereocenters. The molecule has 1 unspecified atom stereocenters. The van der Waals surface area contributed by atoms with Gasteiger partial charge < -0.3 is 5.11 Å². The van der Waals surface area contributed by atoms with Gasteiger partial charge in [0.15, 0.2) is 0 Å². The van der Waals surface area contributed by atoms with E-state index >= 15 is 0 Å². The molecular formula is C11H17NO. The zero-order valence-electron chi connectivity index (χ0n) is 8.33. The van der Waals surface area contributed by atoms with Gasteiger partial charge >= 0.3 is 0 Å². The molecular weight excluding hydrogens is 162 g/mol. The van der Waals surface area contributed by atoms with Crippen LogP contribution in [0.1, 0.15) is 43.7 Å². The number of aromatic nitrogens is 1. The third kappa shape index (κ3) is 2.81. The van der Waals surface area contributed by atoms with E-state index in [9.17, 15) is 0 Å². The van der Waals surface area contributed by atoms with Gasteiger partial charge in [-0.15, -0.1) is 0 Å². The van der Waals surface area contributed by atoms with Gasteiger partial charge in [-0.25, -0.2) is 0 Å². The summed E-state index contributed by atoms with van der Waals surface area (Å²) in [5.74, 6) is 0.545. The van der Waals surface area contributed by atoms with Crippen LogP contribution in [0.15, 0.2) is 18.5 Å². The molecule has 0 aliphatic carbocycles. The maximum absolute atomic E-state index is 8.93. The van der Waals surface area contributed by atoms with E-state index in [-0.39, 0.29) is 6.61 Å². The molecule has 2 nitrogen and oxygen atoms in total. The smallest absolute Gasteiger partial charge is 0.0696 e. The van der Waals surface area contributed by atoms with Crippen molar-refractivity contribution in [1.29, 1.82) is 0 Å². The molecule has 0 fully saturated rings. The highest BCUT2D eigenvalue weighted by molar-refractivity contribution is 5.20. The number of pyridine rings is 1. The summed E-state index contributed by atoms with van der Waals surface area (Å²) in [4.78, 5) is 4.10. The van der Waals surface area contributed by atoms with Crippen LogP contribution in [0, 0.1) is 0 Å². The highest BCUT2D eigenvalue weighted by atomic mass is 16.3. The van der Waals surface area contributed by atoms with Crippen molar-refractivity contribution in [2.24, 2.45) is 0 Å². The van der Waals surface area contributed by atoms with Crippen molar-refractivity contribution in [2.75, 3.05) is 0 Å². The van der Waals surface area contributed by atoms with Crippen LogP contribution in [-0.2, 0) is 6.61 Å². The van der Waals surface area contributed by atoms with Crippen LogP contribution in [-0.4, -0.2) is 10.1 Å². The fourth-order valence-corrected chi connectivity index (χ4v) is 1.46. The van der Waals surface area contributed by atoms with Crippen LogP contribution in [0.4, 0.5) is 0 Å². The molecule has 0 saturated carbocycles. The van der Waals surface area contributed by atoms with Gasteiger partial charge in [0, 0.05) is 12.4 Å². The second-order valence-electron chi connectivity index (χ2n) is 3.47. The lowest BCUT2D eigenvalue weighted by molar-refractivity contribution is 0.281. The maximum atomic E-state index is 8.93. The number of aliphatic hydroxyl groups is 1. The fraction of sp³-hybridized carbons (Fsp3) is 0.545. The molecule has 1 heterocycles. The van der Waals surface area contributed by atoms with Gasteiger partial charge in [-0.05, 0) is 23.5 Å². The van der Waals surface area contributed by atoms with Crippen LogP contribution in [0.5, 0.6) is 0 Å². The Morgan fingerprint density at radius 3 is 2.85 bits per heavy atom. The average Bonchev–Trinajstić information content (AvgIpc) is 2.18. The molecule has 1 aromatic rings. The minimum Gasteiger partial charge on any atom is -0.392 e.